The van der Waals surface area contributed by atoms with Gasteiger partial charge in [0, 0.05) is 5.25 Å². The van der Waals surface area contributed by atoms with Crippen molar-refractivity contribution in [2.45, 2.75) is 247 Å². The topological polar surface area (TPSA) is 3.24 Å². The number of allylic oxidation sites excluding steroid dienone is 4. The fourth-order valence-corrected chi connectivity index (χ4v) is 9.66. The van der Waals surface area contributed by atoms with E-state index in [2.05, 4.69) is 84.5 Å². The normalized spacial score (nSPS) is 18.8. The van der Waals surface area contributed by atoms with Crippen molar-refractivity contribution in [3.8, 4) is 0 Å². The molecule has 1 saturated carbocycles. The number of hydrogen-bond donors (Lipinski definition) is 0. The van der Waals surface area contributed by atoms with Crippen molar-refractivity contribution in [1.82, 2.24) is 4.90 Å². The third-order valence-electron chi connectivity index (χ3n) is 12.0. The van der Waals surface area contributed by atoms with Crippen molar-refractivity contribution >= 4 is 11.8 Å². The van der Waals surface area contributed by atoms with Crippen LogP contribution in [0.2, 0.25) is 0 Å². The maximum Gasteiger partial charge on any atom is 0.00217 e. The highest BCUT2D eigenvalue weighted by Gasteiger charge is 2.36. The fraction of sp³-hybridized carbons (Fsp3) is 0.880. The molecule has 1 heterocycles. The van der Waals surface area contributed by atoms with Crippen LogP contribution in [0.15, 0.2) is 36.0 Å². The van der Waals surface area contributed by atoms with Crippen molar-refractivity contribution in [2.75, 3.05) is 25.9 Å². The number of likely N-dealkylation sites (tertiary alicyclic amines) is 1. The molecule has 0 aromatic carbocycles. The van der Waals surface area contributed by atoms with E-state index in [1.165, 1.54) is 216 Å². The molecule has 0 N–H and O–H groups in total. The molecule has 2 aliphatic rings. The molecule has 0 aromatic rings. The minimum atomic E-state index is 0.494. The molecule has 308 valence electrons. The summed E-state index contributed by atoms with van der Waals surface area (Å²) in [6.07, 6.45) is 42.1. The molecule has 52 heavy (non-hydrogen) atoms. The van der Waals surface area contributed by atoms with Gasteiger partial charge >= 0.3 is 0 Å². The van der Waals surface area contributed by atoms with Gasteiger partial charge in [0.1, 0.15) is 0 Å². The Balaban J connectivity index is 0.00000186. The van der Waals surface area contributed by atoms with Gasteiger partial charge in [0.15, 0.2) is 0 Å². The van der Waals surface area contributed by atoms with Gasteiger partial charge in [-0.2, -0.15) is 11.8 Å². The minimum Gasteiger partial charge on any atom is -0.306 e. The van der Waals surface area contributed by atoms with E-state index in [1.807, 2.05) is 13.8 Å². The van der Waals surface area contributed by atoms with Crippen LogP contribution in [-0.2, 0) is 0 Å². The molecule has 1 atom stereocenters. The quantitative estimate of drug-likeness (QED) is 0.0532. The smallest absolute Gasteiger partial charge is 0.00217 e. The van der Waals surface area contributed by atoms with Crippen molar-refractivity contribution in [1.29, 1.82) is 0 Å². The second-order valence-electron chi connectivity index (χ2n) is 17.6. The van der Waals surface area contributed by atoms with Gasteiger partial charge in [-0.05, 0) is 133 Å². The number of unbranched alkanes of at least 4 members (excludes halogenated alkanes) is 13. The summed E-state index contributed by atoms with van der Waals surface area (Å²) in [4.78, 5) is 2.54. The Kier molecular flexibility index (Phi) is 33.5. The first kappa shape index (κ1) is 51.5. The molecule has 1 saturated heterocycles. The second kappa shape index (κ2) is 33.8. The molecule has 1 nitrogen and oxygen atoms in total. The second-order valence-corrected chi connectivity index (χ2v) is 19.1. The Hall–Kier alpha value is -0.470. The third kappa shape index (κ3) is 27.2. The first-order chi connectivity index (χ1) is 25.1. The van der Waals surface area contributed by atoms with E-state index in [0.717, 1.165) is 5.25 Å². The Morgan fingerprint density at radius 1 is 0.692 bits per heavy atom. The SMILES string of the molecule is C=C(CCCC1(CCCC(=C)CC2(C)CC(=CCC)C2)CCN(C)CC1)CCC(C)SCCCCCCCCC.CC.CCCCCCCCCC. The Morgan fingerprint density at radius 3 is 1.63 bits per heavy atom. The van der Waals surface area contributed by atoms with E-state index in [4.69, 9.17) is 0 Å². The highest BCUT2D eigenvalue weighted by atomic mass is 32.2. The van der Waals surface area contributed by atoms with Crippen LogP contribution in [0.5, 0.6) is 0 Å². The van der Waals surface area contributed by atoms with Gasteiger partial charge in [-0.15, -0.1) is 0 Å². The van der Waals surface area contributed by atoms with Gasteiger partial charge < -0.3 is 4.90 Å². The van der Waals surface area contributed by atoms with Crippen LogP contribution in [0.1, 0.15) is 242 Å². The summed E-state index contributed by atoms with van der Waals surface area (Å²) in [5.41, 5.74) is 5.75. The minimum absolute atomic E-state index is 0.494. The molecular weight excluding hydrogens is 647 g/mol. The standard InChI is InChI=1S/C38H69NS.C10H22.C2H6/c1-8-10-11-12-13-14-15-29-40-35(5)22-21-33(3)19-16-23-38(25-27-39(7)28-26-38)24-17-20-34(4)30-37(6)31-36(32-37)18-9-2;1-3-5-7-9-10-8-6-4-2;1-2/h18,35H,3-4,8-17,19-32H2,1-2,5-7H3;3-10H2,1-2H3;1-2H3. The molecular formula is C50H97NS. The Bertz CT molecular complexity index is 845. The summed E-state index contributed by atoms with van der Waals surface area (Å²) in [7, 11) is 2.31. The summed E-state index contributed by atoms with van der Waals surface area (Å²) in [6, 6.07) is 0. The lowest BCUT2D eigenvalue weighted by molar-refractivity contribution is 0.0976. The molecule has 1 aliphatic heterocycles. The van der Waals surface area contributed by atoms with Crippen LogP contribution in [0.4, 0.5) is 0 Å². The summed E-state index contributed by atoms with van der Waals surface area (Å²) < 4.78 is 0. The van der Waals surface area contributed by atoms with Crippen LogP contribution < -0.4 is 0 Å². The average Bonchev–Trinajstić information content (AvgIpc) is 3.12. The van der Waals surface area contributed by atoms with E-state index in [-0.39, 0.29) is 0 Å². The zero-order valence-electron chi connectivity index (χ0n) is 37.6. The van der Waals surface area contributed by atoms with Crippen LogP contribution in [-0.4, -0.2) is 36.0 Å². The van der Waals surface area contributed by atoms with Crippen molar-refractivity contribution in [3.63, 3.8) is 0 Å². The van der Waals surface area contributed by atoms with Crippen molar-refractivity contribution < 1.29 is 0 Å². The zero-order chi connectivity index (χ0) is 38.9. The van der Waals surface area contributed by atoms with Gasteiger partial charge in [0.2, 0.25) is 0 Å². The average molecular weight is 744 g/mol. The highest BCUT2D eigenvalue weighted by Crippen LogP contribution is 2.50. The van der Waals surface area contributed by atoms with E-state index in [1.54, 1.807) is 5.57 Å². The largest absolute Gasteiger partial charge is 0.306 e. The molecule has 2 fully saturated rings. The molecule has 0 spiro atoms. The Labute approximate surface area is 334 Å². The van der Waals surface area contributed by atoms with Gasteiger partial charge in [-0.3, -0.25) is 0 Å². The summed E-state index contributed by atoms with van der Waals surface area (Å²) in [5.74, 6) is 1.35. The highest BCUT2D eigenvalue weighted by molar-refractivity contribution is 7.99. The predicted molar refractivity (Wildman–Crippen MR) is 244 cm³/mol. The Morgan fingerprint density at radius 2 is 1.15 bits per heavy atom. The molecule has 0 amide bonds. The number of rotatable bonds is 30. The van der Waals surface area contributed by atoms with Gasteiger partial charge in [0.25, 0.3) is 0 Å². The summed E-state index contributed by atoms with van der Waals surface area (Å²) in [5, 5.41) is 0.779. The molecule has 0 aromatic heterocycles. The summed E-state index contributed by atoms with van der Waals surface area (Å²) in [6.45, 7) is 29.6. The van der Waals surface area contributed by atoms with Crippen LogP contribution in [0.3, 0.4) is 0 Å². The lowest BCUT2D eigenvalue weighted by atomic mass is 9.63. The molecule has 2 rings (SSSR count). The maximum absolute atomic E-state index is 4.53. The van der Waals surface area contributed by atoms with E-state index < -0.39 is 0 Å². The van der Waals surface area contributed by atoms with Crippen LogP contribution in [0, 0.1) is 10.8 Å². The number of hydrogen-bond acceptors (Lipinski definition) is 2. The molecule has 1 aliphatic carbocycles. The first-order valence-corrected chi connectivity index (χ1v) is 24.5. The molecule has 0 radical (unpaired) electrons. The van der Waals surface area contributed by atoms with Crippen molar-refractivity contribution in [3.05, 3.63) is 36.0 Å². The first-order valence-electron chi connectivity index (χ1n) is 23.4. The van der Waals surface area contributed by atoms with Gasteiger partial charge in [-0.25, -0.2) is 0 Å². The van der Waals surface area contributed by atoms with Gasteiger partial charge in [-0.1, -0.05) is 181 Å². The molecule has 1 unspecified atom stereocenters. The van der Waals surface area contributed by atoms with Crippen molar-refractivity contribution in [2.24, 2.45) is 10.8 Å². The van der Waals surface area contributed by atoms with Crippen LogP contribution >= 0.6 is 11.8 Å². The maximum atomic E-state index is 4.53. The van der Waals surface area contributed by atoms with E-state index in [0.29, 0.717) is 10.8 Å². The third-order valence-corrected chi connectivity index (χ3v) is 13.3. The van der Waals surface area contributed by atoms with Gasteiger partial charge in [0.05, 0.1) is 0 Å². The summed E-state index contributed by atoms with van der Waals surface area (Å²) >= 11 is 2.20. The lowest BCUT2D eigenvalue weighted by Gasteiger charge is -2.43. The number of nitrogens with zero attached hydrogens (tertiary/aromatic N) is 1. The molecule has 0 bridgehead atoms. The van der Waals surface area contributed by atoms with E-state index >= 15 is 0 Å². The fourth-order valence-electron chi connectivity index (χ4n) is 8.61. The molecule has 2 heteroatoms. The lowest BCUT2D eigenvalue weighted by Crippen LogP contribution is -2.38. The number of piperidine rings is 1. The predicted octanol–water partition coefficient (Wildman–Crippen LogP) is 17.5. The monoisotopic (exact) mass is 744 g/mol. The van der Waals surface area contributed by atoms with E-state index in [9.17, 15) is 0 Å². The zero-order valence-corrected chi connectivity index (χ0v) is 38.4. The van der Waals surface area contributed by atoms with Crippen LogP contribution in [0.25, 0.3) is 0 Å². The number of thioether (sulfide) groups is 1.